The number of halogens is 6. The van der Waals surface area contributed by atoms with Gasteiger partial charge in [0.25, 0.3) is 15.9 Å². The average Bonchev–Trinajstić information content (AvgIpc) is 3.71. The van der Waals surface area contributed by atoms with E-state index in [1.54, 1.807) is 35.2 Å². The maximum Gasteiger partial charge on any atom is 0.312 e. The maximum atomic E-state index is 14.5. The molecule has 1 amide bonds. The molecule has 1 aliphatic carbocycles. The predicted molar refractivity (Wildman–Crippen MR) is 242 cm³/mol. The molecule has 0 unspecified atom stereocenters. The minimum absolute atomic E-state index is 0.0586. The number of rotatable bonds is 13. The predicted octanol–water partition coefficient (Wildman–Crippen LogP) is 11.4. The monoisotopic (exact) mass is 948 g/mol. The smallest absolute Gasteiger partial charge is 0.312 e. The Labute approximate surface area is 374 Å². The molecular formula is C45H50ClF5N6O5S2. The van der Waals surface area contributed by atoms with Gasteiger partial charge in [-0.25, -0.2) is 18.1 Å². The number of H-pyrrole nitrogens is 1. The second-order valence-electron chi connectivity index (χ2n) is 17.6. The van der Waals surface area contributed by atoms with Gasteiger partial charge in [0, 0.05) is 80.8 Å². The van der Waals surface area contributed by atoms with Crippen LogP contribution in [0, 0.1) is 11.3 Å². The molecule has 0 spiro atoms. The van der Waals surface area contributed by atoms with Gasteiger partial charge >= 0.3 is 10.2 Å². The number of ether oxygens (including phenoxy) is 2. The molecule has 4 heterocycles. The molecule has 2 aliphatic heterocycles. The Kier molecular flexibility index (Phi) is 12.0. The van der Waals surface area contributed by atoms with E-state index >= 15 is 0 Å². The van der Waals surface area contributed by atoms with Crippen LogP contribution in [0.4, 0.5) is 30.8 Å². The number of carbonyl (C=O) groups excluding carboxylic acids is 1. The third-order valence-electron chi connectivity index (χ3n) is 12.2. The van der Waals surface area contributed by atoms with Crippen LogP contribution in [0.15, 0.2) is 101 Å². The first kappa shape index (κ1) is 45.7. The van der Waals surface area contributed by atoms with Gasteiger partial charge in [0.05, 0.1) is 22.3 Å². The molecule has 11 nitrogen and oxygen atoms in total. The van der Waals surface area contributed by atoms with Crippen LogP contribution in [-0.2, 0) is 14.8 Å². The summed E-state index contributed by atoms with van der Waals surface area (Å²) >= 11 is 6.22. The first-order valence-electron chi connectivity index (χ1n) is 21.1. The topological polar surface area (TPSA) is 129 Å². The number of allylic oxidation sites excluding steroid dienone is 1. The standard InChI is InChI=1S/C45H50ClF5N6O5S2/c1-45(2)15-11-33(39(26-45)31-3-5-34(46)6-4-31)29-56-17-19-57(20-18-56)35-7-9-38(41(24-35)62-36-23-32-12-16-52-43(32)54-28-36)44(58)55-63(59,60)37-8-10-40(42(25-37)64(47,48,49,50)51)53-27-30-13-21-61-22-14-30/h3-10,12,16,23-25,28,30,53H,11,13-15,17-22,26-27,29H2,1-2H3,(H,52,54)(H,55,58). The molecule has 3 aliphatic rings. The van der Waals surface area contributed by atoms with Crippen LogP contribution in [-0.4, -0.2) is 81.7 Å². The van der Waals surface area contributed by atoms with Gasteiger partial charge in [0.2, 0.25) is 0 Å². The molecule has 0 radical (unpaired) electrons. The first-order valence-corrected chi connectivity index (χ1v) is 24.9. The molecule has 2 saturated heterocycles. The Balaban J connectivity index is 1.03. The highest BCUT2D eigenvalue weighted by atomic mass is 35.5. The fraction of sp³-hybridized carbons (Fsp3) is 0.378. The normalized spacial score (nSPS) is 19.0. The van der Waals surface area contributed by atoms with Gasteiger partial charge in [0.1, 0.15) is 22.0 Å². The van der Waals surface area contributed by atoms with E-state index in [9.17, 15) is 32.6 Å². The number of aromatic nitrogens is 2. The summed E-state index contributed by atoms with van der Waals surface area (Å²) in [6, 6.07) is 17.3. The SMILES string of the molecule is CC1(C)CCC(CN2CCN(c3ccc(C(=O)NS(=O)(=O)c4ccc(NCC5CCOCC5)c(S(F)(F)(F)(F)F)c4)c(Oc4cnc5[nH]ccc5c4)c3)CC2)=C(c2ccc(Cl)cc2)C1. The van der Waals surface area contributed by atoms with Crippen LogP contribution >= 0.6 is 21.8 Å². The minimum atomic E-state index is -10.5. The number of anilines is 2. The molecule has 64 heavy (non-hydrogen) atoms. The van der Waals surface area contributed by atoms with E-state index in [1.807, 2.05) is 12.1 Å². The van der Waals surface area contributed by atoms with Crippen LogP contribution in [0.1, 0.15) is 61.9 Å². The minimum Gasteiger partial charge on any atom is -0.455 e. The summed E-state index contributed by atoms with van der Waals surface area (Å²) in [4.78, 5) is 22.1. The molecule has 344 valence electrons. The molecule has 0 bridgehead atoms. The molecule has 5 aromatic rings. The van der Waals surface area contributed by atoms with Gasteiger partial charge < -0.3 is 24.7 Å². The molecular weight excluding hydrogens is 899 g/mol. The summed E-state index contributed by atoms with van der Waals surface area (Å²) < 4.78 is 113. The van der Waals surface area contributed by atoms with E-state index in [0.717, 1.165) is 45.0 Å². The highest BCUT2D eigenvalue weighted by molar-refractivity contribution is 8.45. The van der Waals surface area contributed by atoms with Gasteiger partial charge in [0.15, 0.2) is 0 Å². The summed E-state index contributed by atoms with van der Waals surface area (Å²) in [5.74, 6) is -1.23. The lowest BCUT2D eigenvalue weighted by molar-refractivity contribution is 0.0699. The number of amides is 1. The summed E-state index contributed by atoms with van der Waals surface area (Å²) in [6.07, 6.45) is 7.18. The van der Waals surface area contributed by atoms with Crippen LogP contribution in [0.5, 0.6) is 11.5 Å². The van der Waals surface area contributed by atoms with Crippen molar-refractivity contribution >= 4 is 65.7 Å². The van der Waals surface area contributed by atoms with Crippen molar-refractivity contribution in [2.45, 2.75) is 55.7 Å². The molecule has 8 rings (SSSR count). The van der Waals surface area contributed by atoms with Gasteiger partial charge in [-0.2, -0.15) is 0 Å². The summed E-state index contributed by atoms with van der Waals surface area (Å²) in [6.45, 7) is 8.83. The number of benzene rings is 3. The fourth-order valence-electron chi connectivity index (χ4n) is 8.56. The quantitative estimate of drug-likeness (QED) is 0.0988. The Bertz CT molecular complexity index is 2700. The average molecular weight is 950 g/mol. The zero-order chi connectivity index (χ0) is 45.6. The number of nitrogens with zero attached hydrogens (tertiary/aromatic N) is 3. The van der Waals surface area contributed by atoms with Crippen LogP contribution in [0.2, 0.25) is 5.02 Å². The highest BCUT2D eigenvalue weighted by Crippen LogP contribution is 3.03. The van der Waals surface area contributed by atoms with Crippen molar-refractivity contribution < 1.29 is 42.1 Å². The zero-order valence-electron chi connectivity index (χ0n) is 35.3. The number of aromatic amines is 1. The molecule has 0 atom stereocenters. The lowest BCUT2D eigenvalue weighted by atomic mass is 9.72. The summed E-state index contributed by atoms with van der Waals surface area (Å²) in [5.41, 5.74) is 4.14. The van der Waals surface area contributed by atoms with Gasteiger partial charge in [-0.1, -0.05) is 62.6 Å². The van der Waals surface area contributed by atoms with E-state index < -0.39 is 41.6 Å². The third kappa shape index (κ3) is 10.8. The van der Waals surface area contributed by atoms with E-state index in [-0.39, 0.29) is 41.0 Å². The summed E-state index contributed by atoms with van der Waals surface area (Å²) in [5, 5.41) is 3.83. The largest absolute Gasteiger partial charge is 0.455 e. The van der Waals surface area contributed by atoms with Crippen molar-refractivity contribution in [3.8, 4) is 11.5 Å². The summed E-state index contributed by atoms with van der Waals surface area (Å²) in [7, 11) is -15.6. The van der Waals surface area contributed by atoms with Crippen LogP contribution < -0.4 is 19.7 Å². The Hall–Kier alpha value is -4.88. The number of pyridine rings is 1. The molecule has 2 aromatic heterocycles. The molecule has 3 N–H and O–H groups in total. The Morgan fingerprint density at radius 3 is 2.42 bits per heavy atom. The lowest BCUT2D eigenvalue weighted by Crippen LogP contribution is -2.47. The van der Waals surface area contributed by atoms with Crippen molar-refractivity contribution in [3.05, 3.63) is 107 Å². The number of piperazine rings is 1. The second kappa shape index (κ2) is 16.8. The van der Waals surface area contributed by atoms with Crippen molar-refractivity contribution in [2.24, 2.45) is 11.3 Å². The van der Waals surface area contributed by atoms with Crippen molar-refractivity contribution in [1.82, 2.24) is 19.6 Å². The molecule has 2 fully saturated rings. The molecule has 3 aromatic carbocycles. The van der Waals surface area contributed by atoms with Gasteiger partial charge in [-0.05, 0) is 109 Å². The molecule has 0 saturated carbocycles. The number of hydrogen-bond donors (Lipinski definition) is 3. The fourth-order valence-corrected chi connectivity index (χ4v) is 10.7. The Morgan fingerprint density at radius 2 is 1.70 bits per heavy atom. The van der Waals surface area contributed by atoms with E-state index in [4.69, 9.17) is 21.1 Å². The van der Waals surface area contributed by atoms with Gasteiger partial charge in [-0.15, -0.1) is 0 Å². The molecule has 19 heteroatoms. The van der Waals surface area contributed by atoms with E-state index in [1.165, 1.54) is 29.0 Å². The Morgan fingerprint density at radius 1 is 0.969 bits per heavy atom. The van der Waals surface area contributed by atoms with Crippen LogP contribution in [0.25, 0.3) is 16.6 Å². The number of hydrogen-bond acceptors (Lipinski definition) is 9. The number of fused-ring (bicyclic) bond motifs is 1. The number of sulfonamides is 1. The van der Waals surface area contributed by atoms with Gasteiger partial charge in [-0.3, -0.25) is 9.69 Å². The highest BCUT2D eigenvalue weighted by Gasteiger charge is 2.67. The lowest BCUT2D eigenvalue weighted by Gasteiger charge is -2.42. The van der Waals surface area contributed by atoms with E-state index in [2.05, 4.69) is 51.1 Å². The van der Waals surface area contributed by atoms with Crippen molar-refractivity contribution in [2.75, 3.05) is 62.7 Å². The third-order valence-corrected chi connectivity index (χ3v) is 14.9. The van der Waals surface area contributed by atoms with Crippen molar-refractivity contribution in [3.63, 3.8) is 0 Å². The zero-order valence-corrected chi connectivity index (χ0v) is 37.7. The first-order chi connectivity index (χ1) is 30.1. The maximum absolute atomic E-state index is 14.5. The number of carbonyl (C=O) groups is 1. The van der Waals surface area contributed by atoms with Crippen molar-refractivity contribution in [1.29, 1.82) is 0 Å². The van der Waals surface area contributed by atoms with E-state index in [0.29, 0.717) is 67.0 Å². The van der Waals surface area contributed by atoms with Crippen LogP contribution in [0.3, 0.4) is 0 Å². The second-order valence-corrected chi connectivity index (χ2v) is 22.1. The number of nitrogens with one attached hydrogen (secondary N) is 3.